The van der Waals surface area contributed by atoms with Gasteiger partial charge in [-0.3, -0.25) is 4.90 Å². The number of nitrogens with zero attached hydrogens (tertiary/aromatic N) is 2. The highest BCUT2D eigenvalue weighted by Crippen LogP contribution is 2.30. The van der Waals surface area contributed by atoms with E-state index in [-0.39, 0.29) is 6.04 Å². The number of rotatable bonds is 4. The largest absolute Gasteiger partial charge is 0.322 e. The molecule has 0 aromatic carbocycles. The van der Waals surface area contributed by atoms with Crippen LogP contribution in [0.25, 0.3) is 0 Å². The first-order valence-electron chi connectivity index (χ1n) is 6.58. The fourth-order valence-corrected chi connectivity index (χ4v) is 3.53. The van der Waals surface area contributed by atoms with Crippen molar-refractivity contribution in [3.05, 3.63) is 15.6 Å². The molecular weight excluding hydrogens is 230 g/mol. The van der Waals surface area contributed by atoms with Crippen LogP contribution in [0.1, 0.15) is 48.8 Å². The molecule has 0 aliphatic carbocycles. The maximum absolute atomic E-state index is 6.18. The Kier molecular flexibility index (Phi) is 4.17. The summed E-state index contributed by atoms with van der Waals surface area (Å²) in [7, 11) is 0. The third kappa shape index (κ3) is 2.87. The molecule has 1 unspecified atom stereocenters. The van der Waals surface area contributed by atoms with Gasteiger partial charge in [0.05, 0.1) is 11.7 Å². The summed E-state index contributed by atoms with van der Waals surface area (Å²) in [6.45, 7) is 9.99. The van der Waals surface area contributed by atoms with Gasteiger partial charge in [-0.25, -0.2) is 4.98 Å². The van der Waals surface area contributed by atoms with Gasteiger partial charge >= 0.3 is 0 Å². The van der Waals surface area contributed by atoms with Gasteiger partial charge in [0.2, 0.25) is 0 Å². The molecule has 2 heterocycles. The van der Waals surface area contributed by atoms with E-state index in [0.717, 1.165) is 24.5 Å². The van der Waals surface area contributed by atoms with Crippen molar-refractivity contribution >= 4 is 11.3 Å². The van der Waals surface area contributed by atoms with Crippen molar-refractivity contribution in [3.63, 3.8) is 0 Å². The molecule has 0 saturated heterocycles. The second-order valence-electron chi connectivity index (χ2n) is 5.22. The Morgan fingerprint density at radius 3 is 2.88 bits per heavy atom. The zero-order valence-electron chi connectivity index (χ0n) is 11.1. The lowest BCUT2D eigenvalue weighted by Crippen LogP contribution is -2.30. The van der Waals surface area contributed by atoms with Crippen molar-refractivity contribution in [2.24, 2.45) is 11.7 Å². The highest BCUT2D eigenvalue weighted by atomic mass is 32.1. The van der Waals surface area contributed by atoms with Crippen molar-refractivity contribution < 1.29 is 0 Å². The van der Waals surface area contributed by atoms with Gasteiger partial charge in [-0.05, 0) is 18.9 Å². The molecule has 0 amide bonds. The Morgan fingerprint density at radius 1 is 1.47 bits per heavy atom. The average Bonchev–Trinajstić information content (AvgIpc) is 2.71. The molecule has 0 saturated carbocycles. The minimum absolute atomic E-state index is 0.102. The molecule has 3 nitrogen and oxygen atoms in total. The summed E-state index contributed by atoms with van der Waals surface area (Å²) in [5.41, 5.74) is 7.48. The van der Waals surface area contributed by atoms with Crippen LogP contribution in [0.3, 0.4) is 0 Å². The predicted molar refractivity (Wildman–Crippen MR) is 73.2 cm³/mol. The van der Waals surface area contributed by atoms with E-state index in [1.807, 2.05) is 11.3 Å². The van der Waals surface area contributed by atoms with E-state index in [9.17, 15) is 0 Å². The number of fused-ring (bicyclic) bond motifs is 1. The SMILES string of the molecule is CCCN1CCc2nc(C(N)C(C)C)sc2C1. The van der Waals surface area contributed by atoms with Gasteiger partial charge in [0, 0.05) is 24.4 Å². The second kappa shape index (κ2) is 5.46. The van der Waals surface area contributed by atoms with Gasteiger partial charge in [0.15, 0.2) is 0 Å². The summed E-state index contributed by atoms with van der Waals surface area (Å²) < 4.78 is 0. The number of thiazole rings is 1. The van der Waals surface area contributed by atoms with Crippen LogP contribution in [0.15, 0.2) is 0 Å². The van der Waals surface area contributed by atoms with Crippen LogP contribution >= 0.6 is 11.3 Å². The van der Waals surface area contributed by atoms with Crippen LogP contribution < -0.4 is 5.73 Å². The molecule has 96 valence electrons. The van der Waals surface area contributed by atoms with Gasteiger partial charge in [-0.2, -0.15) is 0 Å². The Labute approximate surface area is 108 Å². The van der Waals surface area contributed by atoms with E-state index in [1.54, 1.807) is 0 Å². The van der Waals surface area contributed by atoms with Crippen LogP contribution in [0.4, 0.5) is 0 Å². The zero-order valence-corrected chi connectivity index (χ0v) is 11.9. The number of hydrogen-bond donors (Lipinski definition) is 1. The van der Waals surface area contributed by atoms with E-state index < -0.39 is 0 Å². The van der Waals surface area contributed by atoms with E-state index in [2.05, 4.69) is 25.7 Å². The molecule has 0 fully saturated rings. The molecule has 2 N–H and O–H groups in total. The highest BCUT2D eigenvalue weighted by Gasteiger charge is 2.23. The number of hydrogen-bond acceptors (Lipinski definition) is 4. The molecule has 4 heteroatoms. The van der Waals surface area contributed by atoms with Crippen molar-refractivity contribution in [2.45, 2.75) is 46.2 Å². The zero-order chi connectivity index (χ0) is 12.4. The van der Waals surface area contributed by atoms with Gasteiger partial charge in [-0.15, -0.1) is 11.3 Å². The molecule has 0 bridgehead atoms. The summed E-state index contributed by atoms with van der Waals surface area (Å²) in [6.07, 6.45) is 2.32. The van der Waals surface area contributed by atoms with E-state index in [4.69, 9.17) is 10.7 Å². The Balaban J connectivity index is 2.11. The molecule has 1 aliphatic heterocycles. The summed E-state index contributed by atoms with van der Waals surface area (Å²) in [5.74, 6) is 0.467. The molecule has 17 heavy (non-hydrogen) atoms. The third-order valence-corrected chi connectivity index (χ3v) is 4.55. The van der Waals surface area contributed by atoms with E-state index in [0.29, 0.717) is 5.92 Å². The standard InChI is InChI=1S/C13H23N3S/c1-4-6-16-7-5-10-11(8-16)17-13(15-10)12(14)9(2)3/h9,12H,4-8,14H2,1-3H3. The Morgan fingerprint density at radius 2 is 2.24 bits per heavy atom. The van der Waals surface area contributed by atoms with Crippen molar-refractivity contribution in [1.29, 1.82) is 0 Å². The Hall–Kier alpha value is -0.450. The third-order valence-electron chi connectivity index (χ3n) is 3.37. The molecule has 1 aliphatic rings. The summed E-state index contributed by atoms with van der Waals surface area (Å²) in [5, 5.41) is 1.13. The van der Waals surface area contributed by atoms with Crippen molar-refractivity contribution in [3.8, 4) is 0 Å². The van der Waals surface area contributed by atoms with Crippen LogP contribution in [0.5, 0.6) is 0 Å². The van der Waals surface area contributed by atoms with E-state index >= 15 is 0 Å². The van der Waals surface area contributed by atoms with Gasteiger partial charge in [0.1, 0.15) is 5.01 Å². The van der Waals surface area contributed by atoms with Crippen LogP contribution in [0, 0.1) is 5.92 Å². The first-order chi connectivity index (χ1) is 8.11. The lowest BCUT2D eigenvalue weighted by Gasteiger charge is -2.25. The van der Waals surface area contributed by atoms with Crippen molar-refractivity contribution in [1.82, 2.24) is 9.88 Å². The van der Waals surface area contributed by atoms with E-state index in [1.165, 1.54) is 23.5 Å². The molecule has 1 atom stereocenters. The maximum Gasteiger partial charge on any atom is 0.110 e. The summed E-state index contributed by atoms with van der Waals surface area (Å²) >= 11 is 1.82. The van der Waals surface area contributed by atoms with Gasteiger partial charge in [0.25, 0.3) is 0 Å². The molecular formula is C13H23N3S. The fraction of sp³-hybridized carbons (Fsp3) is 0.769. The van der Waals surface area contributed by atoms with Crippen LogP contribution in [-0.4, -0.2) is 23.0 Å². The first kappa shape index (κ1) is 13.0. The predicted octanol–water partition coefficient (Wildman–Crippen LogP) is 2.57. The molecule has 0 radical (unpaired) electrons. The van der Waals surface area contributed by atoms with Crippen LogP contribution in [0.2, 0.25) is 0 Å². The molecule has 1 aromatic rings. The minimum Gasteiger partial charge on any atom is -0.322 e. The Bertz CT molecular complexity index is 373. The fourth-order valence-electron chi connectivity index (χ4n) is 2.20. The lowest BCUT2D eigenvalue weighted by molar-refractivity contribution is 0.256. The average molecular weight is 253 g/mol. The minimum atomic E-state index is 0.102. The summed E-state index contributed by atoms with van der Waals surface area (Å²) in [4.78, 5) is 8.69. The van der Waals surface area contributed by atoms with Crippen molar-refractivity contribution in [2.75, 3.05) is 13.1 Å². The smallest absolute Gasteiger partial charge is 0.110 e. The molecule has 2 rings (SSSR count). The second-order valence-corrected chi connectivity index (χ2v) is 6.33. The van der Waals surface area contributed by atoms with Crippen LogP contribution in [-0.2, 0) is 13.0 Å². The number of nitrogens with two attached hydrogens (primary N) is 1. The maximum atomic E-state index is 6.18. The molecule has 1 aromatic heterocycles. The quantitative estimate of drug-likeness (QED) is 0.896. The highest BCUT2D eigenvalue weighted by molar-refractivity contribution is 7.11. The first-order valence-corrected chi connectivity index (χ1v) is 7.39. The monoisotopic (exact) mass is 253 g/mol. The number of aromatic nitrogens is 1. The topological polar surface area (TPSA) is 42.2 Å². The lowest BCUT2D eigenvalue weighted by atomic mass is 10.1. The van der Waals surface area contributed by atoms with Gasteiger partial charge in [-0.1, -0.05) is 20.8 Å². The normalized spacial score (nSPS) is 18.4. The van der Waals surface area contributed by atoms with Gasteiger partial charge < -0.3 is 5.73 Å². The summed E-state index contributed by atoms with van der Waals surface area (Å²) in [6, 6.07) is 0.102. The molecule has 0 spiro atoms.